The van der Waals surface area contributed by atoms with Gasteiger partial charge in [0.15, 0.2) is 0 Å². The molecule has 27 heavy (non-hydrogen) atoms. The Hall–Kier alpha value is -2.72. The topological polar surface area (TPSA) is 53.6 Å². The van der Waals surface area contributed by atoms with Gasteiger partial charge < -0.3 is 5.32 Å². The molecular formula is C23H26N4. The lowest BCUT2D eigenvalue weighted by molar-refractivity contribution is 0.488. The van der Waals surface area contributed by atoms with Gasteiger partial charge in [0.2, 0.25) is 0 Å². The second kappa shape index (κ2) is 8.31. The summed E-state index contributed by atoms with van der Waals surface area (Å²) in [6.45, 7) is 3.18. The standard InChI is InChI=1S/C23H26N4/c1-17(25-15-18-10-11-20-16-24-13-12-19(20)14-18)6-2-4-8-22-21-7-3-5-9-23(21)27-26-22/h3,5,7,9-14,16-17,25H,2,4,6,8,15H2,1H3,(H,26,27)/t17-/m1/s1. The number of aromatic nitrogens is 3. The number of benzene rings is 2. The number of pyridine rings is 1. The number of hydrogen-bond donors (Lipinski definition) is 2. The van der Waals surface area contributed by atoms with Crippen LogP contribution in [0.4, 0.5) is 0 Å². The van der Waals surface area contributed by atoms with E-state index in [0.717, 1.165) is 18.5 Å². The van der Waals surface area contributed by atoms with E-state index in [1.807, 2.05) is 18.5 Å². The van der Waals surface area contributed by atoms with Gasteiger partial charge in [0, 0.05) is 41.4 Å². The predicted molar refractivity (Wildman–Crippen MR) is 112 cm³/mol. The zero-order chi connectivity index (χ0) is 18.5. The molecule has 4 heteroatoms. The molecule has 2 N–H and O–H groups in total. The van der Waals surface area contributed by atoms with Crippen LogP contribution in [0.25, 0.3) is 21.7 Å². The number of para-hydroxylation sites is 1. The molecule has 0 radical (unpaired) electrons. The molecule has 0 amide bonds. The highest BCUT2D eigenvalue weighted by Gasteiger charge is 2.06. The number of rotatable bonds is 8. The van der Waals surface area contributed by atoms with E-state index in [0.29, 0.717) is 6.04 Å². The maximum Gasteiger partial charge on any atom is 0.0923 e. The molecule has 1 atom stereocenters. The van der Waals surface area contributed by atoms with Crippen LogP contribution < -0.4 is 5.32 Å². The van der Waals surface area contributed by atoms with E-state index >= 15 is 0 Å². The Morgan fingerprint density at radius 1 is 1.04 bits per heavy atom. The van der Waals surface area contributed by atoms with Crippen LogP contribution in [0.15, 0.2) is 60.9 Å². The van der Waals surface area contributed by atoms with Crippen molar-refractivity contribution in [1.29, 1.82) is 0 Å². The lowest BCUT2D eigenvalue weighted by Crippen LogP contribution is -2.25. The van der Waals surface area contributed by atoms with Crippen molar-refractivity contribution in [1.82, 2.24) is 20.5 Å². The Labute approximate surface area is 160 Å². The fourth-order valence-electron chi connectivity index (χ4n) is 3.59. The van der Waals surface area contributed by atoms with Crippen LogP contribution in [0.1, 0.15) is 37.4 Å². The SMILES string of the molecule is C[C@H](CCCCc1[nH]nc2ccccc12)NCc1ccc2cnccc2c1. The van der Waals surface area contributed by atoms with Crippen LogP contribution in [-0.2, 0) is 13.0 Å². The van der Waals surface area contributed by atoms with E-state index in [1.54, 1.807) is 0 Å². The average molecular weight is 358 g/mol. The van der Waals surface area contributed by atoms with Crippen molar-refractivity contribution in [2.24, 2.45) is 0 Å². The summed E-state index contributed by atoms with van der Waals surface area (Å²) in [5.41, 5.74) is 3.65. The molecule has 0 fully saturated rings. The first kappa shape index (κ1) is 17.7. The van der Waals surface area contributed by atoms with Crippen LogP contribution >= 0.6 is 0 Å². The second-order valence-electron chi connectivity index (χ2n) is 7.30. The van der Waals surface area contributed by atoms with Gasteiger partial charge in [-0.3, -0.25) is 10.1 Å². The van der Waals surface area contributed by atoms with E-state index in [2.05, 4.69) is 69.9 Å². The first-order chi connectivity index (χ1) is 13.3. The van der Waals surface area contributed by atoms with Gasteiger partial charge in [0.25, 0.3) is 0 Å². The largest absolute Gasteiger partial charge is 0.310 e. The van der Waals surface area contributed by atoms with E-state index in [1.165, 1.54) is 46.7 Å². The maximum absolute atomic E-state index is 4.38. The summed E-state index contributed by atoms with van der Waals surface area (Å²) in [5, 5.41) is 14.9. The van der Waals surface area contributed by atoms with Gasteiger partial charge in [-0.25, -0.2) is 0 Å². The fraction of sp³-hybridized carbons (Fsp3) is 0.304. The smallest absolute Gasteiger partial charge is 0.0923 e. The first-order valence-electron chi connectivity index (χ1n) is 9.77. The molecule has 0 spiro atoms. The van der Waals surface area contributed by atoms with Gasteiger partial charge in [-0.1, -0.05) is 36.8 Å². The first-order valence-corrected chi connectivity index (χ1v) is 9.77. The Morgan fingerprint density at radius 2 is 1.96 bits per heavy atom. The zero-order valence-corrected chi connectivity index (χ0v) is 15.8. The molecule has 0 saturated heterocycles. The Kier molecular flexibility index (Phi) is 5.45. The van der Waals surface area contributed by atoms with Crippen molar-refractivity contribution in [2.45, 2.75) is 45.2 Å². The van der Waals surface area contributed by atoms with E-state index < -0.39 is 0 Å². The van der Waals surface area contributed by atoms with Gasteiger partial charge in [-0.05, 0) is 55.3 Å². The average Bonchev–Trinajstić information content (AvgIpc) is 3.13. The lowest BCUT2D eigenvalue weighted by atomic mass is 10.1. The van der Waals surface area contributed by atoms with Gasteiger partial charge in [-0.2, -0.15) is 5.10 Å². The van der Waals surface area contributed by atoms with Crippen molar-refractivity contribution < 1.29 is 0 Å². The van der Waals surface area contributed by atoms with Crippen LogP contribution in [0.5, 0.6) is 0 Å². The third-order valence-corrected chi connectivity index (χ3v) is 5.21. The van der Waals surface area contributed by atoms with Crippen molar-refractivity contribution >= 4 is 21.7 Å². The number of hydrogen-bond acceptors (Lipinski definition) is 3. The molecule has 4 rings (SSSR count). The molecule has 2 heterocycles. The summed E-state index contributed by atoms with van der Waals surface area (Å²) in [6, 6.07) is 17.5. The molecule has 4 aromatic rings. The van der Waals surface area contributed by atoms with Crippen LogP contribution in [0.2, 0.25) is 0 Å². The van der Waals surface area contributed by atoms with E-state index in [4.69, 9.17) is 0 Å². The van der Waals surface area contributed by atoms with Crippen molar-refractivity contribution in [2.75, 3.05) is 0 Å². The fourth-order valence-corrected chi connectivity index (χ4v) is 3.59. The molecule has 0 unspecified atom stereocenters. The quantitative estimate of drug-likeness (QED) is 0.436. The molecule has 2 aromatic heterocycles. The Balaban J connectivity index is 1.22. The molecule has 0 bridgehead atoms. The molecular weight excluding hydrogens is 332 g/mol. The summed E-state index contributed by atoms with van der Waals surface area (Å²) in [5.74, 6) is 0. The number of nitrogens with one attached hydrogen (secondary N) is 2. The van der Waals surface area contributed by atoms with Gasteiger partial charge in [0.05, 0.1) is 5.52 Å². The second-order valence-corrected chi connectivity index (χ2v) is 7.30. The lowest BCUT2D eigenvalue weighted by Gasteiger charge is -2.14. The van der Waals surface area contributed by atoms with Gasteiger partial charge in [0.1, 0.15) is 0 Å². The molecule has 2 aromatic carbocycles. The maximum atomic E-state index is 4.38. The summed E-state index contributed by atoms with van der Waals surface area (Å²) < 4.78 is 0. The number of nitrogens with zero attached hydrogens (tertiary/aromatic N) is 2. The van der Waals surface area contributed by atoms with E-state index in [9.17, 15) is 0 Å². The normalized spacial score (nSPS) is 12.6. The summed E-state index contributed by atoms with van der Waals surface area (Å²) in [7, 11) is 0. The predicted octanol–water partition coefficient (Wildman–Crippen LogP) is 5.00. The van der Waals surface area contributed by atoms with Gasteiger partial charge in [-0.15, -0.1) is 0 Å². The highest BCUT2D eigenvalue weighted by molar-refractivity contribution is 5.82. The number of unbranched alkanes of at least 4 members (excludes halogenated alkanes) is 1. The minimum absolute atomic E-state index is 0.511. The third kappa shape index (κ3) is 4.34. The van der Waals surface area contributed by atoms with Crippen LogP contribution in [-0.4, -0.2) is 21.2 Å². The molecule has 0 aliphatic heterocycles. The number of aryl methyl sites for hydroxylation is 1. The Bertz CT molecular complexity index is 1020. The monoisotopic (exact) mass is 358 g/mol. The molecule has 0 aliphatic rings. The van der Waals surface area contributed by atoms with Crippen LogP contribution in [0, 0.1) is 0 Å². The van der Waals surface area contributed by atoms with Gasteiger partial charge >= 0.3 is 0 Å². The third-order valence-electron chi connectivity index (χ3n) is 5.21. The molecule has 0 aliphatic carbocycles. The molecule has 0 saturated carbocycles. The minimum atomic E-state index is 0.511. The number of H-pyrrole nitrogens is 1. The molecule has 4 nitrogen and oxygen atoms in total. The molecule has 138 valence electrons. The highest BCUT2D eigenvalue weighted by Crippen LogP contribution is 2.18. The van der Waals surface area contributed by atoms with Crippen molar-refractivity contribution in [3.05, 3.63) is 72.2 Å². The minimum Gasteiger partial charge on any atom is -0.310 e. The highest BCUT2D eigenvalue weighted by atomic mass is 15.1. The summed E-state index contributed by atoms with van der Waals surface area (Å²) in [6.07, 6.45) is 8.41. The summed E-state index contributed by atoms with van der Waals surface area (Å²) in [4.78, 5) is 4.17. The van der Waals surface area contributed by atoms with E-state index in [-0.39, 0.29) is 0 Å². The number of aromatic amines is 1. The zero-order valence-electron chi connectivity index (χ0n) is 15.8. The number of fused-ring (bicyclic) bond motifs is 2. The van der Waals surface area contributed by atoms with Crippen molar-refractivity contribution in [3.63, 3.8) is 0 Å². The van der Waals surface area contributed by atoms with Crippen molar-refractivity contribution in [3.8, 4) is 0 Å². The Morgan fingerprint density at radius 3 is 2.93 bits per heavy atom. The summed E-state index contributed by atoms with van der Waals surface area (Å²) >= 11 is 0. The van der Waals surface area contributed by atoms with Crippen LogP contribution in [0.3, 0.4) is 0 Å².